The molecule has 0 saturated heterocycles. The van der Waals surface area contributed by atoms with Crippen molar-refractivity contribution in [3.05, 3.63) is 34.0 Å². The molecular weight excluding hydrogens is 212 g/mol. The van der Waals surface area contributed by atoms with Crippen molar-refractivity contribution in [3.63, 3.8) is 0 Å². The van der Waals surface area contributed by atoms with E-state index in [0.717, 1.165) is 12.8 Å². The summed E-state index contributed by atoms with van der Waals surface area (Å²) in [5.74, 6) is -0.973. The first kappa shape index (κ1) is 10.4. The van der Waals surface area contributed by atoms with E-state index in [0.29, 0.717) is 11.3 Å². The van der Waals surface area contributed by atoms with Crippen LogP contribution in [0.2, 0.25) is 0 Å². The fourth-order valence-electron chi connectivity index (χ4n) is 1.85. The predicted molar refractivity (Wildman–Crippen MR) is 58.2 cm³/mol. The molecule has 0 radical (unpaired) electrons. The van der Waals surface area contributed by atoms with Crippen LogP contribution in [0.25, 0.3) is 0 Å². The largest absolute Gasteiger partial charge is 0.478 e. The van der Waals surface area contributed by atoms with Gasteiger partial charge in [-0.15, -0.1) is 11.3 Å². The third-order valence-electron chi connectivity index (χ3n) is 2.61. The Kier molecular flexibility index (Phi) is 2.63. The van der Waals surface area contributed by atoms with E-state index in [9.17, 15) is 9.90 Å². The number of carboxylic acid groups (broad SMARTS) is 1. The molecule has 1 aromatic heterocycles. The molecule has 1 unspecified atom stereocenters. The van der Waals surface area contributed by atoms with Gasteiger partial charge in [-0.05, 0) is 30.7 Å². The molecule has 0 aliphatic heterocycles. The van der Waals surface area contributed by atoms with E-state index in [4.69, 9.17) is 5.11 Å². The van der Waals surface area contributed by atoms with E-state index in [1.165, 1.54) is 11.3 Å². The van der Waals surface area contributed by atoms with Gasteiger partial charge in [-0.2, -0.15) is 0 Å². The first-order valence-electron chi connectivity index (χ1n) is 4.85. The molecule has 1 aliphatic carbocycles. The molecule has 1 heterocycles. The molecule has 4 heteroatoms. The van der Waals surface area contributed by atoms with E-state index >= 15 is 0 Å². The molecular formula is C11H12O3S. The topological polar surface area (TPSA) is 57.5 Å². The Bertz CT molecular complexity index is 408. The van der Waals surface area contributed by atoms with Crippen molar-refractivity contribution in [1.29, 1.82) is 0 Å². The second kappa shape index (κ2) is 3.79. The lowest BCUT2D eigenvalue weighted by molar-refractivity contribution is 0.0630. The van der Waals surface area contributed by atoms with Gasteiger partial charge in [0.15, 0.2) is 0 Å². The summed E-state index contributed by atoms with van der Waals surface area (Å²) in [5, 5.41) is 21.0. The highest BCUT2D eigenvalue weighted by atomic mass is 32.1. The van der Waals surface area contributed by atoms with Crippen LogP contribution in [0.4, 0.5) is 0 Å². The minimum atomic E-state index is -1.07. The van der Waals surface area contributed by atoms with Gasteiger partial charge >= 0.3 is 5.97 Å². The number of hydrogen-bond acceptors (Lipinski definition) is 3. The molecule has 2 rings (SSSR count). The Morgan fingerprint density at radius 1 is 1.53 bits per heavy atom. The molecule has 80 valence electrons. The Morgan fingerprint density at radius 2 is 2.33 bits per heavy atom. The van der Waals surface area contributed by atoms with Crippen LogP contribution in [0, 0.1) is 0 Å². The van der Waals surface area contributed by atoms with Crippen molar-refractivity contribution in [2.45, 2.75) is 24.9 Å². The van der Waals surface area contributed by atoms with Crippen molar-refractivity contribution in [3.8, 4) is 0 Å². The van der Waals surface area contributed by atoms with Crippen LogP contribution in [0.5, 0.6) is 0 Å². The minimum Gasteiger partial charge on any atom is -0.478 e. The smallest absolute Gasteiger partial charge is 0.336 e. The second-order valence-electron chi connectivity index (χ2n) is 3.69. The van der Waals surface area contributed by atoms with E-state index < -0.39 is 11.6 Å². The molecule has 1 aromatic rings. The molecule has 0 spiro atoms. The highest BCUT2D eigenvalue weighted by Crippen LogP contribution is 2.37. The zero-order chi connectivity index (χ0) is 10.9. The standard InChI is InChI=1S/C11H12O3S/c12-10(13)8-4-7-15-9(8)11(14)5-2-1-3-6-11/h2,4-5,7,14H,1,3,6H2,(H,12,13). The molecule has 1 aliphatic rings. The molecule has 3 nitrogen and oxygen atoms in total. The van der Waals surface area contributed by atoms with Crippen LogP contribution in [0.15, 0.2) is 23.6 Å². The minimum absolute atomic E-state index is 0.217. The van der Waals surface area contributed by atoms with Crippen molar-refractivity contribution in [1.82, 2.24) is 0 Å². The van der Waals surface area contributed by atoms with E-state index in [-0.39, 0.29) is 5.56 Å². The number of aliphatic hydroxyl groups is 1. The van der Waals surface area contributed by atoms with Gasteiger partial charge in [0.2, 0.25) is 0 Å². The van der Waals surface area contributed by atoms with E-state index in [1.807, 2.05) is 6.08 Å². The number of aromatic carboxylic acids is 1. The third kappa shape index (κ3) is 1.82. The normalized spacial score (nSPS) is 25.4. The summed E-state index contributed by atoms with van der Waals surface area (Å²) in [4.78, 5) is 11.5. The second-order valence-corrected chi connectivity index (χ2v) is 4.60. The number of rotatable bonds is 2. The van der Waals surface area contributed by atoms with Gasteiger partial charge in [0.05, 0.1) is 10.4 Å². The summed E-state index contributed by atoms with van der Waals surface area (Å²) in [6, 6.07) is 1.54. The Hall–Kier alpha value is -1.13. The maximum absolute atomic E-state index is 10.9. The summed E-state index contributed by atoms with van der Waals surface area (Å²) in [6.07, 6.45) is 6.08. The molecule has 2 N–H and O–H groups in total. The Balaban J connectivity index is 2.43. The third-order valence-corrected chi connectivity index (χ3v) is 3.69. The number of carbonyl (C=O) groups is 1. The fourth-order valence-corrected chi connectivity index (χ4v) is 2.85. The van der Waals surface area contributed by atoms with Crippen molar-refractivity contribution < 1.29 is 15.0 Å². The average molecular weight is 224 g/mol. The quantitative estimate of drug-likeness (QED) is 0.758. The van der Waals surface area contributed by atoms with Crippen LogP contribution >= 0.6 is 11.3 Å². The highest BCUT2D eigenvalue weighted by Gasteiger charge is 2.32. The van der Waals surface area contributed by atoms with Gasteiger partial charge in [-0.3, -0.25) is 0 Å². The molecule has 1 atom stereocenters. The first-order valence-corrected chi connectivity index (χ1v) is 5.73. The van der Waals surface area contributed by atoms with Crippen LogP contribution in [0.1, 0.15) is 34.5 Å². The van der Waals surface area contributed by atoms with Crippen molar-refractivity contribution in [2.24, 2.45) is 0 Å². The zero-order valence-corrected chi connectivity index (χ0v) is 8.96. The highest BCUT2D eigenvalue weighted by molar-refractivity contribution is 7.10. The SMILES string of the molecule is O=C(O)c1ccsc1C1(O)C=CCCC1. The van der Waals surface area contributed by atoms with Crippen LogP contribution < -0.4 is 0 Å². The lowest BCUT2D eigenvalue weighted by Gasteiger charge is -2.27. The summed E-state index contributed by atoms with van der Waals surface area (Å²) < 4.78 is 0. The van der Waals surface area contributed by atoms with Gasteiger partial charge in [-0.1, -0.05) is 12.2 Å². The molecule has 15 heavy (non-hydrogen) atoms. The Morgan fingerprint density at radius 3 is 2.93 bits per heavy atom. The Labute approximate surface area is 91.7 Å². The van der Waals surface area contributed by atoms with Crippen molar-refractivity contribution in [2.75, 3.05) is 0 Å². The maximum Gasteiger partial charge on any atom is 0.336 e. The van der Waals surface area contributed by atoms with Crippen LogP contribution in [0.3, 0.4) is 0 Å². The molecule has 0 aromatic carbocycles. The van der Waals surface area contributed by atoms with Crippen LogP contribution in [-0.4, -0.2) is 16.2 Å². The number of carboxylic acids is 1. The lowest BCUT2D eigenvalue weighted by atomic mass is 9.88. The summed E-state index contributed by atoms with van der Waals surface area (Å²) in [7, 11) is 0. The number of hydrogen-bond donors (Lipinski definition) is 2. The summed E-state index contributed by atoms with van der Waals surface area (Å²) in [6.45, 7) is 0. The van der Waals surface area contributed by atoms with Crippen LogP contribution in [-0.2, 0) is 5.60 Å². The van der Waals surface area contributed by atoms with E-state index in [2.05, 4.69) is 0 Å². The molecule has 0 bridgehead atoms. The van der Waals surface area contributed by atoms with Gasteiger partial charge in [0.25, 0.3) is 0 Å². The fraction of sp³-hybridized carbons (Fsp3) is 0.364. The molecule has 0 fully saturated rings. The lowest BCUT2D eigenvalue weighted by Crippen LogP contribution is -2.25. The van der Waals surface area contributed by atoms with Gasteiger partial charge in [0, 0.05) is 0 Å². The first-order chi connectivity index (χ1) is 7.13. The number of thiophene rings is 1. The monoisotopic (exact) mass is 224 g/mol. The summed E-state index contributed by atoms with van der Waals surface area (Å²) in [5.41, 5.74) is -0.853. The maximum atomic E-state index is 10.9. The zero-order valence-electron chi connectivity index (χ0n) is 8.14. The summed E-state index contributed by atoms with van der Waals surface area (Å²) >= 11 is 1.30. The van der Waals surface area contributed by atoms with Gasteiger partial charge in [-0.25, -0.2) is 4.79 Å². The predicted octanol–water partition coefficient (Wildman–Crippen LogP) is 2.37. The average Bonchev–Trinajstić information content (AvgIpc) is 2.67. The molecule has 0 saturated carbocycles. The number of allylic oxidation sites excluding steroid dienone is 1. The van der Waals surface area contributed by atoms with Gasteiger partial charge in [0.1, 0.15) is 5.60 Å². The van der Waals surface area contributed by atoms with E-state index in [1.54, 1.807) is 17.5 Å². The van der Waals surface area contributed by atoms with Gasteiger partial charge < -0.3 is 10.2 Å². The molecule has 0 amide bonds. The van der Waals surface area contributed by atoms with Crippen molar-refractivity contribution >= 4 is 17.3 Å².